The number of allylic oxidation sites excluding steroid dienone is 1. The molecule has 3 unspecified atom stereocenters. The van der Waals surface area contributed by atoms with Crippen LogP contribution in [0.1, 0.15) is 73.6 Å². The number of phosphoric acid groups is 1. The van der Waals surface area contributed by atoms with Gasteiger partial charge in [-0.25, -0.2) is 4.57 Å². The maximum Gasteiger partial charge on any atom is 0.472 e. The van der Waals surface area contributed by atoms with Gasteiger partial charge in [-0.3, -0.25) is 23.4 Å². The topological polar surface area (TPSA) is 137 Å². The first kappa shape index (κ1) is 34.3. The largest absolute Gasteiger partial charge is 0.472 e. The van der Waals surface area contributed by atoms with Crippen molar-refractivity contribution in [1.82, 2.24) is 5.32 Å². The van der Waals surface area contributed by atoms with E-state index in [1.807, 2.05) is 27.7 Å². The second-order valence-electron chi connectivity index (χ2n) is 9.88. The van der Waals surface area contributed by atoms with Crippen LogP contribution in [-0.4, -0.2) is 55.2 Å². The normalized spacial score (nSPS) is 15.6. The Labute approximate surface area is 216 Å². The van der Waals surface area contributed by atoms with Crippen LogP contribution in [0.15, 0.2) is 12.7 Å². The Bertz CT molecular complexity index is 726. The van der Waals surface area contributed by atoms with E-state index in [9.17, 15) is 23.8 Å². The first-order valence-corrected chi connectivity index (χ1v) is 14.1. The molecule has 11 heteroatoms. The molecule has 2 N–H and O–H groups in total. The highest BCUT2D eigenvalue weighted by Crippen LogP contribution is 2.43. The van der Waals surface area contributed by atoms with Crippen LogP contribution in [0.2, 0.25) is 0 Å². The number of hydrogen-bond acceptors (Lipinski definition) is 8. The molecule has 36 heavy (non-hydrogen) atoms. The Balaban J connectivity index is 4.84. The fourth-order valence-corrected chi connectivity index (χ4v) is 4.13. The van der Waals surface area contributed by atoms with E-state index in [1.54, 1.807) is 19.9 Å². The van der Waals surface area contributed by atoms with Crippen LogP contribution in [0.3, 0.4) is 0 Å². The number of esters is 2. The molecule has 0 heterocycles. The van der Waals surface area contributed by atoms with Gasteiger partial charge in [0.25, 0.3) is 0 Å². The quantitative estimate of drug-likeness (QED) is 0.100. The molecule has 0 rings (SSSR count). The molecule has 1 amide bonds. The third kappa shape index (κ3) is 17.7. The van der Waals surface area contributed by atoms with Gasteiger partial charge in [0.05, 0.1) is 25.0 Å². The van der Waals surface area contributed by atoms with Crippen molar-refractivity contribution in [2.45, 2.75) is 79.8 Å². The fraction of sp³-hybridized carbons (Fsp3) is 0.800. The van der Waals surface area contributed by atoms with Gasteiger partial charge in [0.1, 0.15) is 6.61 Å². The number of rotatable bonds is 20. The maximum absolute atomic E-state index is 12.5. The second kappa shape index (κ2) is 18.5. The summed E-state index contributed by atoms with van der Waals surface area (Å²) in [5.74, 6) is -1.35. The minimum Gasteiger partial charge on any atom is -0.461 e. The van der Waals surface area contributed by atoms with E-state index in [1.165, 1.54) is 0 Å². The van der Waals surface area contributed by atoms with Gasteiger partial charge in [-0.15, -0.1) is 6.58 Å². The Morgan fingerprint density at radius 1 is 0.944 bits per heavy atom. The molecule has 0 spiro atoms. The first-order chi connectivity index (χ1) is 16.8. The van der Waals surface area contributed by atoms with Crippen molar-refractivity contribution >= 4 is 25.7 Å². The van der Waals surface area contributed by atoms with Crippen molar-refractivity contribution in [1.29, 1.82) is 0 Å². The van der Waals surface area contributed by atoms with Crippen LogP contribution in [0, 0.1) is 23.7 Å². The fourth-order valence-electron chi connectivity index (χ4n) is 3.38. The number of carbonyl (C=O) groups is 3. The molecule has 0 aliphatic carbocycles. The summed E-state index contributed by atoms with van der Waals surface area (Å²) in [6, 6.07) is 0. The summed E-state index contributed by atoms with van der Waals surface area (Å²) in [5, 5.41) is 2.58. The lowest BCUT2D eigenvalue weighted by Crippen LogP contribution is -2.33. The van der Waals surface area contributed by atoms with E-state index in [4.69, 9.17) is 18.5 Å². The van der Waals surface area contributed by atoms with Crippen molar-refractivity contribution in [2.24, 2.45) is 23.7 Å². The molecule has 0 aromatic heterocycles. The predicted octanol–water partition coefficient (Wildman–Crippen LogP) is 4.41. The minimum absolute atomic E-state index is 0.0251. The lowest BCUT2D eigenvalue weighted by Gasteiger charge is -2.23. The molecule has 0 aliphatic rings. The van der Waals surface area contributed by atoms with Gasteiger partial charge < -0.3 is 19.7 Å². The van der Waals surface area contributed by atoms with Crippen LogP contribution < -0.4 is 5.32 Å². The van der Waals surface area contributed by atoms with E-state index in [0.717, 1.165) is 6.42 Å². The molecular weight excluding hydrogens is 489 g/mol. The van der Waals surface area contributed by atoms with Crippen molar-refractivity contribution < 1.29 is 42.4 Å². The molecule has 10 nitrogen and oxygen atoms in total. The summed E-state index contributed by atoms with van der Waals surface area (Å²) in [4.78, 5) is 46.4. The average Bonchev–Trinajstić information content (AvgIpc) is 2.77. The van der Waals surface area contributed by atoms with Gasteiger partial charge >= 0.3 is 19.8 Å². The summed E-state index contributed by atoms with van der Waals surface area (Å²) in [5.41, 5.74) is 0. The van der Waals surface area contributed by atoms with E-state index < -0.39 is 38.4 Å². The van der Waals surface area contributed by atoms with E-state index >= 15 is 0 Å². The molecule has 4 atom stereocenters. The van der Waals surface area contributed by atoms with Crippen LogP contribution in [0.4, 0.5) is 0 Å². The summed E-state index contributed by atoms with van der Waals surface area (Å²) in [6.45, 7) is 13.9. The maximum atomic E-state index is 12.5. The highest BCUT2D eigenvalue weighted by Gasteiger charge is 2.28. The SMILES string of the molecule is C=CCCCC(=O)NCCOP(=O)(O)OC[C@@H](COC(=O)C(C)CC(C)C)OC(=O)C(C)CC(C)C. The minimum atomic E-state index is -4.50. The summed E-state index contributed by atoms with van der Waals surface area (Å²) in [6.07, 6.45) is 3.56. The Morgan fingerprint density at radius 3 is 2.08 bits per heavy atom. The number of hydrogen-bond donors (Lipinski definition) is 2. The predicted molar refractivity (Wildman–Crippen MR) is 137 cm³/mol. The van der Waals surface area contributed by atoms with Gasteiger partial charge in [-0.2, -0.15) is 0 Å². The Morgan fingerprint density at radius 2 is 1.53 bits per heavy atom. The lowest BCUT2D eigenvalue weighted by atomic mass is 9.99. The lowest BCUT2D eigenvalue weighted by molar-refractivity contribution is -0.166. The zero-order valence-corrected chi connectivity index (χ0v) is 23.6. The Hall–Kier alpha value is -1.74. The van der Waals surface area contributed by atoms with Crippen LogP contribution in [-0.2, 0) is 37.5 Å². The van der Waals surface area contributed by atoms with E-state index in [-0.39, 0.29) is 37.5 Å². The molecule has 0 radical (unpaired) electrons. The monoisotopic (exact) mass is 535 g/mol. The highest BCUT2D eigenvalue weighted by atomic mass is 31.2. The summed E-state index contributed by atoms with van der Waals surface area (Å²) in [7, 11) is -4.50. The zero-order chi connectivity index (χ0) is 27.7. The molecule has 0 aromatic rings. The van der Waals surface area contributed by atoms with Gasteiger partial charge in [0, 0.05) is 13.0 Å². The molecule has 0 fully saturated rings. The number of ether oxygens (including phenoxy) is 2. The van der Waals surface area contributed by atoms with Crippen LogP contribution in [0.5, 0.6) is 0 Å². The third-order valence-electron chi connectivity index (χ3n) is 5.06. The molecular formula is C25H46NO9P. The number of phosphoric ester groups is 1. The molecule has 0 aromatic carbocycles. The van der Waals surface area contributed by atoms with Crippen LogP contribution in [0.25, 0.3) is 0 Å². The van der Waals surface area contributed by atoms with Gasteiger partial charge in [-0.05, 0) is 37.5 Å². The average molecular weight is 536 g/mol. The summed E-state index contributed by atoms with van der Waals surface area (Å²) < 4.78 is 32.8. The molecule has 0 bridgehead atoms. The van der Waals surface area contributed by atoms with Crippen LogP contribution >= 0.6 is 7.82 Å². The van der Waals surface area contributed by atoms with Gasteiger partial charge in [0.2, 0.25) is 5.91 Å². The number of amides is 1. The summed E-state index contributed by atoms with van der Waals surface area (Å²) >= 11 is 0. The Kier molecular flexibility index (Phi) is 17.6. The highest BCUT2D eigenvalue weighted by molar-refractivity contribution is 7.47. The van der Waals surface area contributed by atoms with Gasteiger partial charge in [0.15, 0.2) is 6.10 Å². The number of carbonyl (C=O) groups excluding carboxylic acids is 3. The first-order valence-electron chi connectivity index (χ1n) is 12.6. The third-order valence-corrected chi connectivity index (χ3v) is 6.05. The molecule has 210 valence electrons. The van der Waals surface area contributed by atoms with Gasteiger partial charge in [-0.1, -0.05) is 47.6 Å². The second-order valence-corrected chi connectivity index (χ2v) is 11.3. The smallest absolute Gasteiger partial charge is 0.461 e. The van der Waals surface area contributed by atoms with Crippen molar-refractivity contribution in [2.75, 3.05) is 26.4 Å². The zero-order valence-electron chi connectivity index (χ0n) is 22.7. The molecule has 0 saturated carbocycles. The van der Waals surface area contributed by atoms with E-state index in [0.29, 0.717) is 31.6 Å². The van der Waals surface area contributed by atoms with E-state index in [2.05, 4.69) is 11.9 Å². The number of nitrogens with one attached hydrogen (secondary N) is 1. The number of unbranched alkanes of at least 4 members (excludes halogenated alkanes) is 1. The molecule has 0 saturated heterocycles. The van der Waals surface area contributed by atoms with Crippen molar-refractivity contribution in [3.8, 4) is 0 Å². The van der Waals surface area contributed by atoms with Crippen molar-refractivity contribution in [3.63, 3.8) is 0 Å². The van der Waals surface area contributed by atoms with Crippen molar-refractivity contribution in [3.05, 3.63) is 12.7 Å². The molecule has 0 aliphatic heterocycles. The standard InChI is InChI=1S/C25H46NO9P/c1-8-9-10-11-23(27)26-12-13-33-36(30,31)34-17-22(35-25(29)21(7)15-19(4)5)16-32-24(28)20(6)14-18(2)3/h8,18-22H,1,9-17H2,2-7H3,(H,26,27)(H,30,31)/t20?,21?,22-/m1/s1.